The molecule has 0 aliphatic heterocycles. The van der Waals surface area contributed by atoms with E-state index in [2.05, 4.69) is 10.3 Å². The molecule has 0 saturated heterocycles. The quantitative estimate of drug-likeness (QED) is 0.729. The summed E-state index contributed by atoms with van der Waals surface area (Å²) in [5.74, 6) is 0.141. The number of carbonyl (C=O) groups is 1. The van der Waals surface area contributed by atoms with Gasteiger partial charge in [0.1, 0.15) is 5.82 Å². The number of para-hydroxylation sites is 1. The summed E-state index contributed by atoms with van der Waals surface area (Å²) in [7, 11) is 0. The van der Waals surface area contributed by atoms with Gasteiger partial charge in [-0.25, -0.2) is 9.37 Å². The molecule has 1 N–H and O–H groups in total. The highest BCUT2D eigenvalue weighted by molar-refractivity contribution is 6.33. The highest BCUT2D eigenvalue weighted by Gasteiger charge is 2.12. The number of nitrogens with one attached hydrogen (secondary N) is 1. The number of benzene rings is 2. The number of oxazole rings is 1. The number of anilines is 1. The lowest BCUT2D eigenvalue weighted by molar-refractivity contribution is -0.116. The molecule has 6 heteroatoms. The first-order chi connectivity index (χ1) is 11.6. The first-order valence-electron chi connectivity index (χ1n) is 7.37. The van der Waals surface area contributed by atoms with Crippen LogP contribution in [0.4, 0.5) is 10.1 Å². The van der Waals surface area contributed by atoms with E-state index in [1.165, 1.54) is 12.3 Å². The molecule has 0 saturated carbocycles. The molecule has 0 aliphatic rings. The van der Waals surface area contributed by atoms with Gasteiger partial charge in [0.2, 0.25) is 5.91 Å². The Hall–Kier alpha value is -2.66. The number of aryl methyl sites for hydroxylation is 1. The molecule has 0 fully saturated rings. The standard InChI is InChI=1S/C18H14ClFN2O2/c19-13-6-2-4-8-15(13)22-17(23)9-10-18-21-11-16(24-18)12-5-1-3-7-14(12)20/h1-8,11H,9-10H2,(H,22,23). The lowest BCUT2D eigenvalue weighted by Crippen LogP contribution is -2.12. The molecule has 3 rings (SSSR count). The zero-order chi connectivity index (χ0) is 16.9. The van der Waals surface area contributed by atoms with E-state index in [1.54, 1.807) is 42.5 Å². The van der Waals surface area contributed by atoms with Gasteiger partial charge in [-0.1, -0.05) is 35.9 Å². The molecule has 0 atom stereocenters. The molecule has 1 amide bonds. The summed E-state index contributed by atoms with van der Waals surface area (Å²) in [4.78, 5) is 16.1. The van der Waals surface area contributed by atoms with E-state index >= 15 is 0 Å². The van der Waals surface area contributed by atoms with Gasteiger partial charge in [0, 0.05) is 12.8 Å². The van der Waals surface area contributed by atoms with Crippen molar-refractivity contribution in [2.24, 2.45) is 0 Å². The van der Waals surface area contributed by atoms with Crippen molar-refractivity contribution < 1.29 is 13.6 Å². The van der Waals surface area contributed by atoms with E-state index in [9.17, 15) is 9.18 Å². The van der Waals surface area contributed by atoms with E-state index in [0.717, 1.165) is 0 Å². The van der Waals surface area contributed by atoms with Gasteiger partial charge in [-0.15, -0.1) is 0 Å². The van der Waals surface area contributed by atoms with Crippen LogP contribution in [0.15, 0.2) is 59.1 Å². The Morgan fingerprint density at radius 2 is 1.92 bits per heavy atom. The van der Waals surface area contributed by atoms with Crippen LogP contribution >= 0.6 is 11.6 Å². The number of amides is 1. The fourth-order valence-corrected chi connectivity index (χ4v) is 2.39. The van der Waals surface area contributed by atoms with E-state index in [0.29, 0.717) is 34.3 Å². The Balaban J connectivity index is 1.61. The van der Waals surface area contributed by atoms with E-state index < -0.39 is 0 Å². The summed E-state index contributed by atoms with van der Waals surface area (Å²) in [6.07, 6.45) is 1.95. The lowest BCUT2D eigenvalue weighted by Gasteiger charge is -2.05. The summed E-state index contributed by atoms with van der Waals surface area (Å²) >= 11 is 5.99. The number of rotatable bonds is 5. The summed E-state index contributed by atoms with van der Waals surface area (Å²) in [6, 6.07) is 13.3. The number of carbonyl (C=O) groups excluding carboxylic acids is 1. The van der Waals surface area contributed by atoms with Gasteiger partial charge < -0.3 is 9.73 Å². The van der Waals surface area contributed by atoms with Crippen LogP contribution in [0.2, 0.25) is 5.02 Å². The van der Waals surface area contributed by atoms with Gasteiger partial charge in [0.15, 0.2) is 11.7 Å². The largest absolute Gasteiger partial charge is 0.441 e. The second-order valence-electron chi connectivity index (χ2n) is 5.13. The molecule has 122 valence electrons. The summed E-state index contributed by atoms with van der Waals surface area (Å²) in [5.41, 5.74) is 0.903. The molecule has 0 spiro atoms. The van der Waals surface area contributed by atoms with Crippen LogP contribution in [0.25, 0.3) is 11.3 Å². The molecule has 24 heavy (non-hydrogen) atoms. The minimum absolute atomic E-state index is 0.183. The predicted octanol–water partition coefficient (Wildman–Crippen LogP) is 4.71. The van der Waals surface area contributed by atoms with Crippen LogP contribution < -0.4 is 5.32 Å². The van der Waals surface area contributed by atoms with Crippen LogP contribution in [0.3, 0.4) is 0 Å². The highest BCUT2D eigenvalue weighted by atomic mass is 35.5. The third-order valence-corrected chi connectivity index (χ3v) is 3.74. The average molecular weight is 345 g/mol. The van der Waals surface area contributed by atoms with E-state index in [-0.39, 0.29) is 18.1 Å². The SMILES string of the molecule is O=C(CCc1ncc(-c2ccccc2F)o1)Nc1ccccc1Cl. The number of nitrogens with zero attached hydrogens (tertiary/aromatic N) is 1. The number of aromatic nitrogens is 1. The summed E-state index contributed by atoms with van der Waals surface area (Å²) in [5, 5.41) is 3.20. The predicted molar refractivity (Wildman–Crippen MR) is 90.3 cm³/mol. The lowest BCUT2D eigenvalue weighted by atomic mass is 10.2. The van der Waals surface area contributed by atoms with Gasteiger partial charge in [-0.2, -0.15) is 0 Å². The second-order valence-corrected chi connectivity index (χ2v) is 5.53. The van der Waals surface area contributed by atoms with Crippen LogP contribution in [-0.4, -0.2) is 10.9 Å². The molecule has 3 aromatic rings. The zero-order valence-corrected chi connectivity index (χ0v) is 13.4. The van der Waals surface area contributed by atoms with Crippen molar-refractivity contribution in [3.05, 3.63) is 71.5 Å². The fraction of sp³-hybridized carbons (Fsp3) is 0.111. The normalized spacial score (nSPS) is 10.6. The third kappa shape index (κ3) is 3.81. The fourth-order valence-electron chi connectivity index (χ4n) is 2.21. The molecule has 1 aromatic heterocycles. The number of hydrogen-bond donors (Lipinski definition) is 1. The number of halogens is 2. The smallest absolute Gasteiger partial charge is 0.224 e. The molecule has 1 heterocycles. The highest BCUT2D eigenvalue weighted by Crippen LogP contribution is 2.24. The minimum atomic E-state index is -0.378. The molecule has 0 radical (unpaired) electrons. The Kier molecular flexibility index (Phi) is 4.91. The monoisotopic (exact) mass is 344 g/mol. The maximum absolute atomic E-state index is 13.7. The van der Waals surface area contributed by atoms with E-state index in [4.69, 9.17) is 16.0 Å². The van der Waals surface area contributed by atoms with Crippen molar-refractivity contribution in [1.82, 2.24) is 4.98 Å². The van der Waals surface area contributed by atoms with Gasteiger partial charge in [0.25, 0.3) is 0 Å². The summed E-state index contributed by atoms with van der Waals surface area (Å²) < 4.78 is 19.2. The maximum Gasteiger partial charge on any atom is 0.224 e. The van der Waals surface area contributed by atoms with Crippen molar-refractivity contribution in [3.63, 3.8) is 0 Å². The van der Waals surface area contributed by atoms with Crippen molar-refractivity contribution >= 4 is 23.2 Å². The van der Waals surface area contributed by atoms with Gasteiger partial charge >= 0.3 is 0 Å². The Bertz CT molecular complexity index is 863. The molecular weight excluding hydrogens is 331 g/mol. The van der Waals surface area contributed by atoms with Crippen molar-refractivity contribution in [3.8, 4) is 11.3 Å². The Morgan fingerprint density at radius 1 is 1.17 bits per heavy atom. The third-order valence-electron chi connectivity index (χ3n) is 3.41. The van der Waals surface area contributed by atoms with Crippen molar-refractivity contribution in [2.45, 2.75) is 12.8 Å². The molecule has 2 aromatic carbocycles. The van der Waals surface area contributed by atoms with Crippen LogP contribution in [-0.2, 0) is 11.2 Å². The first kappa shape index (κ1) is 16.2. The average Bonchev–Trinajstić information content (AvgIpc) is 3.04. The first-order valence-corrected chi connectivity index (χ1v) is 7.75. The molecule has 4 nitrogen and oxygen atoms in total. The molecule has 0 unspecified atom stereocenters. The van der Waals surface area contributed by atoms with Crippen LogP contribution in [0.1, 0.15) is 12.3 Å². The Labute approximate surface area is 143 Å². The molecule has 0 bridgehead atoms. The van der Waals surface area contributed by atoms with Crippen molar-refractivity contribution in [1.29, 1.82) is 0 Å². The van der Waals surface area contributed by atoms with E-state index in [1.807, 2.05) is 0 Å². The van der Waals surface area contributed by atoms with Gasteiger partial charge in [-0.3, -0.25) is 4.79 Å². The van der Waals surface area contributed by atoms with Crippen LogP contribution in [0.5, 0.6) is 0 Å². The second kappa shape index (κ2) is 7.27. The zero-order valence-electron chi connectivity index (χ0n) is 12.6. The number of hydrogen-bond acceptors (Lipinski definition) is 3. The van der Waals surface area contributed by atoms with Gasteiger partial charge in [0.05, 0.1) is 22.5 Å². The molecule has 0 aliphatic carbocycles. The minimum Gasteiger partial charge on any atom is -0.441 e. The van der Waals surface area contributed by atoms with Crippen molar-refractivity contribution in [2.75, 3.05) is 5.32 Å². The van der Waals surface area contributed by atoms with Crippen LogP contribution in [0, 0.1) is 5.82 Å². The maximum atomic E-state index is 13.7. The topological polar surface area (TPSA) is 55.1 Å². The Morgan fingerprint density at radius 3 is 2.71 bits per heavy atom. The summed E-state index contributed by atoms with van der Waals surface area (Å²) in [6.45, 7) is 0. The van der Waals surface area contributed by atoms with Gasteiger partial charge in [-0.05, 0) is 24.3 Å². The molecular formula is C18H14ClFN2O2.